The van der Waals surface area contributed by atoms with Gasteiger partial charge in [-0.05, 0) is 60.1 Å². The van der Waals surface area contributed by atoms with E-state index < -0.39 is 0 Å². The summed E-state index contributed by atoms with van der Waals surface area (Å²) in [6, 6.07) is 25.2. The van der Waals surface area contributed by atoms with Gasteiger partial charge in [0, 0.05) is 11.3 Å². The number of aryl methyl sites for hydroxylation is 1. The van der Waals surface area contributed by atoms with Gasteiger partial charge in [-0.15, -0.1) is 0 Å². The summed E-state index contributed by atoms with van der Waals surface area (Å²) >= 11 is 5.24. The summed E-state index contributed by atoms with van der Waals surface area (Å²) in [7, 11) is 0. The third kappa shape index (κ3) is 4.31. The normalized spacial score (nSPS) is 10.1. The van der Waals surface area contributed by atoms with Gasteiger partial charge in [0.05, 0.1) is 0 Å². The molecule has 124 valence electrons. The van der Waals surface area contributed by atoms with Gasteiger partial charge in [-0.3, -0.25) is 10.1 Å². The van der Waals surface area contributed by atoms with Crippen LogP contribution in [0.1, 0.15) is 15.9 Å². The summed E-state index contributed by atoms with van der Waals surface area (Å²) in [5, 5.41) is 6.03. The molecule has 0 aliphatic rings. The van der Waals surface area contributed by atoms with Crippen LogP contribution in [0.3, 0.4) is 0 Å². The van der Waals surface area contributed by atoms with E-state index in [1.54, 1.807) is 12.1 Å². The molecule has 0 atom stereocenters. The van der Waals surface area contributed by atoms with Gasteiger partial charge in [0.15, 0.2) is 5.11 Å². The number of carbonyl (C=O) groups excluding carboxylic acids is 1. The molecule has 0 heterocycles. The zero-order chi connectivity index (χ0) is 17.6. The molecule has 3 rings (SSSR count). The largest absolute Gasteiger partial charge is 0.332 e. The quantitative estimate of drug-likeness (QED) is 0.670. The Morgan fingerprint density at radius 1 is 0.880 bits per heavy atom. The van der Waals surface area contributed by atoms with E-state index >= 15 is 0 Å². The Morgan fingerprint density at radius 2 is 1.52 bits per heavy atom. The number of benzene rings is 3. The zero-order valence-electron chi connectivity index (χ0n) is 13.8. The van der Waals surface area contributed by atoms with E-state index in [4.69, 9.17) is 12.2 Å². The fraction of sp³-hybridized carbons (Fsp3) is 0.0476. The summed E-state index contributed by atoms with van der Waals surface area (Å²) in [5.74, 6) is -0.226. The highest BCUT2D eigenvalue weighted by molar-refractivity contribution is 7.80. The molecule has 4 heteroatoms. The van der Waals surface area contributed by atoms with Crippen LogP contribution in [0.15, 0.2) is 78.9 Å². The van der Waals surface area contributed by atoms with Crippen LogP contribution in [0.25, 0.3) is 11.1 Å². The lowest BCUT2D eigenvalue weighted by molar-refractivity contribution is 0.0977. The van der Waals surface area contributed by atoms with E-state index in [2.05, 4.69) is 35.8 Å². The molecule has 25 heavy (non-hydrogen) atoms. The van der Waals surface area contributed by atoms with Gasteiger partial charge in [0.25, 0.3) is 5.91 Å². The monoisotopic (exact) mass is 346 g/mol. The predicted molar refractivity (Wildman–Crippen MR) is 107 cm³/mol. The highest BCUT2D eigenvalue weighted by Crippen LogP contribution is 2.25. The fourth-order valence-corrected chi connectivity index (χ4v) is 2.82. The second-order valence-corrected chi connectivity index (χ2v) is 6.08. The van der Waals surface area contributed by atoms with Crippen LogP contribution < -0.4 is 10.6 Å². The minimum atomic E-state index is -0.226. The smallest absolute Gasteiger partial charge is 0.257 e. The number of carbonyl (C=O) groups is 1. The molecule has 3 nitrogen and oxygen atoms in total. The molecule has 0 saturated carbocycles. The lowest BCUT2D eigenvalue weighted by atomic mass is 10.0. The third-order valence-corrected chi connectivity index (χ3v) is 4.04. The molecule has 3 aromatic rings. The fourth-order valence-electron chi connectivity index (χ4n) is 2.61. The molecule has 0 unspecified atom stereocenters. The topological polar surface area (TPSA) is 41.1 Å². The number of hydrogen-bond acceptors (Lipinski definition) is 2. The van der Waals surface area contributed by atoms with Crippen LogP contribution in [-0.4, -0.2) is 11.0 Å². The Labute approximate surface area is 152 Å². The minimum absolute atomic E-state index is 0.226. The van der Waals surface area contributed by atoms with Gasteiger partial charge < -0.3 is 5.32 Å². The summed E-state index contributed by atoms with van der Waals surface area (Å²) in [6.45, 7) is 2.05. The zero-order valence-corrected chi connectivity index (χ0v) is 14.6. The lowest BCUT2D eigenvalue weighted by Crippen LogP contribution is -2.34. The molecule has 0 radical (unpaired) electrons. The van der Waals surface area contributed by atoms with Gasteiger partial charge in [-0.2, -0.15) is 0 Å². The van der Waals surface area contributed by atoms with Gasteiger partial charge in [-0.1, -0.05) is 54.6 Å². The SMILES string of the molecule is Cc1cc(NC(=S)NC(=O)c2ccccc2)ccc1-c1ccccc1. The van der Waals surface area contributed by atoms with Gasteiger partial charge >= 0.3 is 0 Å². The average molecular weight is 346 g/mol. The average Bonchev–Trinajstić information content (AvgIpc) is 2.63. The minimum Gasteiger partial charge on any atom is -0.332 e. The molecular formula is C21H18N2OS. The van der Waals surface area contributed by atoms with Crippen LogP contribution >= 0.6 is 12.2 Å². The Balaban J connectivity index is 1.68. The number of rotatable bonds is 3. The molecule has 0 saturated heterocycles. The summed E-state index contributed by atoms with van der Waals surface area (Å²) in [5.41, 5.74) is 4.89. The maximum Gasteiger partial charge on any atom is 0.257 e. The highest BCUT2D eigenvalue weighted by atomic mass is 32.1. The Morgan fingerprint density at radius 3 is 2.16 bits per heavy atom. The molecule has 0 spiro atoms. The van der Waals surface area contributed by atoms with Crippen molar-refractivity contribution in [3.05, 3.63) is 90.0 Å². The van der Waals surface area contributed by atoms with Crippen LogP contribution in [0.4, 0.5) is 5.69 Å². The Bertz CT molecular complexity index is 892. The Kier molecular flexibility index (Phi) is 5.21. The molecule has 1 amide bonds. The van der Waals surface area contributed by atoms with Crippen molar-refractivity contribution in [2.75, 3.05) is 5.32 Å². The first-order chi connectivity index (χ1) is 12.1. The first kappa shape index (κ1) is 16.9. The van der Waals surface area contributed by atoms with Crippen molar-refractivity contribution in [2.45, 2.75) is 6.92 Å². The van der Waals surface area contributed by atoms with Crippen molar-refractivity contribution in [1.82, 2.24) is 5.32 Å². The number of thiocarbonyl (C=S) groups is 1. The van der Waals surface area contributed by atoms with Crippen LogP contribution in [-0.2, 0) is 0 Å². The maximum atomic E-state index is 12.1. The van der Waals surface area contributed by atoms with Crippen LogP contribution in [0, 0.1) is 6.92 Å². The van der Waals surface area contributed by atoms with E-state index in [1.807, 2.05) is 48.5 Å². The second kappa shape index (κ2) is 7.73. The van der Waals surface area contributed by atoms with Crippen molar-refractivity contribution in [3.63, 3.8) is 0 Å². The van der Waals surface area contributed by atoms with Gasteiger partial charge in [-0.25, -0.2) is 0 Å². The molecular weight excluding hydrogens is 328 g/mol. The molecule has 0 aromatic heterocycles. The summed E-state index contributed by atoms with van der Waals surface area (Å²) in [4.78, 5) is 12.1. The van der Waals surface area contributed by atoms with Crippen molar-refractivity contribution in [3.8, 4) is 11.1 Å². The molecule has 3 aromatic carbocycles. The van der Waals surface area contributed by atoms with E-state index in [1.165, 1.54) is 11.1 Å². The molecule has 0 aliphatic heterocycles. The summed E-state index contributed by atoms with van der Waals surface area (Å²) in [6.07, 6.45) is 0. The maximum absolute atomic E-state index is 12.1. The lowest BCUT2D eigenvalue weighted by Gasteiger charge is -2.12. The molecule has 0 fully saturated rings. The first-order valence-electron chi connectivity index (χ1n) is 7.97. The van der Waals surface area contributed by atoms with E-state index in [0.29, 0.717) is 5.56 Å². The number of nitrogens with one attached hydrogen (secondary N) is 2. The highest BCUT2D eigenvalue weighted by Gasteiger charge is 2.08. The van der Waals surface area contributed by atoms with E-state index in [-0.39, 0.29) is 11.0 Å². The van der Waals surface area contributed by atoms with Gasteiger partial charge in [0.1, 0.15) is 0 Å². The molecule has 0 aliphatic carbocycles. The molecule has 0 bridgehead atoms. The van der Waals surface area contributed by atoms with Crippen LogP contribution in [0.2, 0.25) is 0 Å². The van der Waals surface area contributed by atoms with E-state index in [0.717, 1.165) is 11.3 Å². The second-order valence-electron chi connectivity index (χ2n) is 5.67. The van der Waals surface area contributed by atoms with Crippen molar-refractivity contribution >= 4 is 28.9 Å². The number of amides is 1. The van der Waals surface area contributed by atoms with Crippen molar-refractivity contribution in [1.29, 1.82) is 0 Å². The van der Waals surface area contributed by atoms with Crippen molar-refractivity contribution in [2.24, 2.45) is 0 Å². The van der Waals surface area contributed by atoms with Gasteiger partial charge in [0.2, 0.25) is 0 Å². The standard InChI is InChI=1S/C21H18N2OS/c1-15-14-18(12-13-19(15)16-8-4-2-5-9-16)22-21(25)23-20(24)17-10-6-3-7-11-17/h2-14H,1H3,(H2,22,23,24,25). The van der Waals surface area contributed by atoms with Crippen molar-refractivity contribution < 1.29 is 4.79 Å². The summed E-state index contributed by atoms with van der Waals surface area (Å²) < 4.78 is 0. The number of hydrogen-bond donors (Lipinski definition) is 2. The van der Waals surface area contributed by atoms with E-state index in [9.17, 15) is 4.79 Å². The Hall–Kier alpha value is -2.98. The van der Waals surface area contributed by atoms with Crippen LogP contribution in [0.5, 0.6) is 0 Å². The number of anilines is 1. The first-order valence-corrected chi connectivity index (χ1v) is 8.38. The predicted octanol–water partition coefficient (Wildman–Crippen LogP) is 4.79. The molecule has 2 N–H and O–H groups in total. The third-order valence-electron chi connectivity index (χ3n) is 3.83.